The molecule has 0 bridgehead atoms. The normalized spacial score (nSPS) is 14.7. The van der Waals surface area contributed by atoms with Crippen molar-refractivity contribution in [1.82, 2.24) is 10.2 Å². The molecule has 1 aliphatic rings. The average molecular weight is 506 g/mol. The molecule has 3 rings (SSSR count). The SMILES string of the molecule is COc1ccc(C(C)NC(=O)CN(c2ccc(C(=O)N3CCOCC3)cc2)S(C)(=O)=O)cc1OC. The minimum absolute atomic E-state index is 0.146. The molecule has 35 heavy (non-hydrogen) atoms. The predicted molar refractivity (Wildman–Crippen MR) is 131 cm³/mol. The minimum atomic E-state index is -3.76. The van der Waals surface area contributed by atoms with Crippen LogP contribution in [0.3, 0.4) is 0 Å². The third kappa shape index (κ3) is 6.64. The lowest BCUT2D eigenvalue weighted by Gasteiger charge is -2.27. The fraction of sp³-hybridized carbons (Fsp3) is 0.417. The van der Waals surface area contributed by atoms with Gasteiger partial charge in [-0.2, -0.15) is 0 Å². The van der Waals surface area contributed by atoms with Crippen molar-refractivity contribution in [1.29, 1.82) is 0 Å². The van der Waals surface area contributed by atoms with E-state index in [1.54, 1.807) is 42.2 Å². The molecule has 0 saturated carbocycles. The van der Waals surface area contributed by atoms with E-state index in [1.165, 1.54) is 26.4 Å². The lowest BCUT2D eigenvalue weighted by atomic mass is 10.1. The van der Waals surface area contributed by atoms with Crippen LogP contribution in [0.25, 0.3) is 0 Å². The zero-order chi connectivity index (χ0) is 25.6. The second kappa shape index (κ2) is 11.4. The van der Waals surface area contributed by atoms with Crippen molar-refractivity contribution < 1.29 is 32.2 Å². The van der Waals surface area contributed by atoms with Crippen molar-refractivity contribution >= 4 is 27.5 Å². The number of morpholine rings is 1. The number of amides is 2. The number of hydrogen-bond donors (Lipinski definition) is 1. The Labute approximate surface area is 205 Å². The maximum atomic E-state index is 12.8. The molecule has 0 aliphatic carbocycles. The second-order valence-electron chi connectivity index (χ2n) is 8.12. The molecule has 2 aromatic carbocycles. The number of ether oxygens (including phenoxy) is 3. The Hall–Kier alpha value is -3.31. The van der Waals surface area contributed by atoms with E-state index < -0.39 is 28.5 Å². The van der Waals surface area contributed by atoms with Crippen molar-refractivity contribution in [3.8, 4) is 11.5 Å². The Morgan fingerprint density at radius 1 is 1.06 bits per heavy atom. The van der Waals surface area contributed by atoms with Crippen molar-refractivity contribution in [2.75, 3.05) is 57.6 Å². The largest absolute Gasteiger partial charge is 0.493 e. The van der Waals surface area contributed by atoms with Crippen molar-refractivity contribution in [2.45, 2.75) is 13.0 Å². The van der Waals surface area contributed by atoms with Gasteiger partial charge in [-0.15, -0.1) is 0 Å². The van der Waals surface area contributed by atoms with E-state index in [0.717, 1.165) is 16.1 Å². The molecule has 1 aliphatic heterocycles. The Kier molecular flexibility index (Phi) is 8.57. The quantitative estimate of drug-likeness (QED) is 0.553. The van der Waals surface area contributed by atoms with Crippen LogP contribution in [0.4, 0.5) is 5.69 Å². The monoisotopic (exact) mass is 505 g/mol. The van der Waals surface area contributed by atoms with Gasteiger partial charge in [0.05, 0.1) is 45.4 Å². The van der Waals surface area contributed by atoms with Crippen LogP contribution in [0.15, 0.2) is 42.5 Å². The van der Waals surface area contributed by atoms with Gasteiger partial charge in [0.2, 0.25) is 15.9 Å². The number of nitrogens with one attached hydrogen (secondary N) is 1. The Balaban J connectivity index is 1.71. The highest BCUT2D eigenvalue weighted by Gasteiger charge is 2.24. The van der Waals surface area contributed by atoms with Gasteiger partial charge in [-0.25, -0.2) is 8.42 Å². The molecule has 1 saturated heterocycles. The summed E-state index contributed by atoms with van der Waals surface area (Å²) >= 11 is 0. The molecule has 1 atom stereocenters. The second-order valence-corrected chi connectivity index (χ2v) is 10.0. The highest BCUT2D eigenvalue weighted by molar-refractivity contribution is 7.92. The molecule has 11 heteroatoms. The number of nitrogens with zero attached hydrogens (tertiary/aromatic N) is 2. The first kappa shape index (κ1) is 26.3. The van der Waals surface area contributed by atoms with E-state index in [1.807, 2.05) is 0 Å². The van der Waals surface area contributed by atoms with Crippen LogP contribution in [-0.4, -0.2) is 78.5 Å². The number of sulfonamides is 1. The van der Waals surface area contributed by atoms with E-state index in [-0.39, 0.29) is 5.91 Å². The molecule has 1 fully saturated rings. The Morgan fingerprint density at radius 3 is 2.26 bits per heavy atom. The van der Waals surface area contributed by atoms with Gasteiger partial charge in [-0.3, -0.25) is 13.9 Å². The molecule has 0 aromatic heterocycles. The Morgan fingerprint density at radius 2 is 1.69 bits per heavy atom. The van der Waals surface area contributed by atoms with Crippen LogP contribution in [0.1, 0.15) is 28.9 Å². The highest BCUT2D eigenvalue weighted by atomic mass is 32.2. The van der Waals surface area contributed by atoms with Crippen molar-refractivity contribution in [2.24, 2.45) is 0 Å². The summed E-state index contributed by atoms with van der Waals surface area (Å²) in [6.07, 6.45) is 1.03. The highest BCUT2D eigenvalue weighted by Crippen LogP contribution is 2.30. The number of benzene rings is 2. The van der Waals surface area contributed by atoms with E-state index >= 15 is 0 Å². The van der Waals surface area contributed by atoms with Gasteiger partial charge in [0.15, 0.2) is 11.5 Å². The van der Waals surface area contributed by atoms with Gasteiger partial charge in [-0.05, 0) is 48.9 Å². The number of hydrogen-bond acceptors (Lipinski definition) is 7. The predicted octanol–water partition coefficient (Wildman–Crippen LogP) is 1.82. The first-order valence-corrected chi connectivity index (χ1v) is 12.9. The summed E-state index contributed by atoms with van der Waals surface area (Å²) in [5.74, 6) is 0.461. The Bertz CT molecular complexity index is 1150. The van der Waals surface area contributed by atoms with Crippen LogP contribution < -0.4 is 19.1 Å². The third-order valence-corrected chi connectivity index (χ3v) is 6.81. The van der Waals surface area contributed by atoms with Crippen LogP contribution >= 0.6 is 0 Å². The van der Waals surface area contributed by atoms with Crippen LogP contribution in [0.2, 0.25) is 0 Å². The number of rotatable bonds is 9. The number of methoxy groups -OCH3 is 2. The first-order chi connectivity index (χ1) is 16.6. The molecule has 2 aromatic rings. The lowest BCUT2D eigenvalue weighted by Crippen LogP contribution is -2.41. The minimum Gasteiger partial charge on any atom is -0.493 e. The summed E-state index contributed by atoms with van der Waals surface area (Å²) in [5.41, 5.74) is 1.50. The van der Waals surface area contributed by atoms with E-state index in [9.17, 15) is 18.0 Å². The van der Waals surface area contributed by atoms with Gasteiger partial charge >= 0.3 is 0 Å². The molecule has 0 spiro atoms. The molecule has 10 nitrogen and oxygen atoms in total. The first-order valence-electron chi connectivity index (χ1n) is 11.1. The summed E-state index contributed by atoms with van der Waals surface area (Å²) < 4.78 is 41.8. The van der Waals surface area contributed by atoms with Gasteiger partial charge in [0.25, 0.3) is 5.91 Å². The zero-order valence-corrected chi connectivity index (χ0v) is 21.1. The fourth-order valence-corrected chi connectivity index (χ4v) is 4.60. The molecule has 1 heterocycles. The molecule has 0 radical (unpaired) electrons. The van der Waals surface area contributed by atoms with E-state index in [0.29, 0.717) is 49.1 Å². The number of carbonyl (C=O) groups is 2. The topological polar surface area (TPSA) is 114 Å². The van der Waals surface area contributed by atoms with Gasteiger partial charge in [0.1, 0.15) is 6.54 Å². The van der Waals surface area contributed by atoms with Gasteiger partial charge in [-0.1, -0.05) is 6.07 Å². The smallest absolute Gasteiger partial charge is 0.254 e. The van der Waals surface area contributed by atoms with Crippen LogP contribution in [0.5, 0.6) is 11.5 Å². The summed E-state index contributed by atoms with van der Waals surface area (Å²) in [4.78, 5) is 27.1. The fourth-order valence-electron chi connectivity index (χ4n) is 3.74. The van der Waals surface area contributed by atoms with Gasteiger partial charge in [0, 0.05) is 18.7 Å². The third-order valence-electron chi connectivity index (χ3n) is 5.67. The summed E-state index contributed by atoms with van der Waals surface area (Å²) in [6, 6.07) is 11.1. The molecular weight excluding hydrogens is 474 g/mol. The van der Waals surface area contributed by atoms with Crippen molar-refractivity contribution in [3.63, 3.8) is 0 Å². The molecule has 1 unspecified atom stereocenters. The van der Waals surface area contributed by atoms with E-state index in [2.05, 4.69) is 5.32 Å². The molecule has 2 amide bonds. The molecule has 190 valence electrons. The van der Waals surface area contributed by atoms with Crippen LogP contribution in [0, 0.1) is 0 Å². The van der Waals surface area contributed by atoms with Gasteiger partial charge < -0.3 is 24.4 Å². The average Bonchev–Trinajstić information content (AvgIpc) is 2.86. The summed E-state index contributed by atoms with van der Waals surface area (Å²) in [6.45, 7) is 3.37. The molecule has 1 N–H and O–H groups in total. The summed E-state index contributed by atoms with van der Waals surface area (Å²) in [5, 5.41) is 2.82. The number of anilines is 1. The lowest BCUT2D eigenvalue weighted by molar-refractivity contribution is -0.120. The molecular formula is C24H31N3O7S. The zero-order valence-electron chi connectivity index (χ0n) is 20.3. The van der Waals surface area contributed by atoms with E-state index in [4.69, 9.17) is 14.2 Å². The van der Waals surface area contributed by atoms with Crippen molar-refractivity contribution in [3.05, 3.63) is 53.6 Å². The van der Waals surface area contributed by atoms with Crippen LogP contribution in [-0.2, 0) is 19.6 Å². The maximum Gasteiger partial charge on any atom is 0.254 e. The number of carbonyl (C=O) groups excluding carboxylic acids is 2. The summed E-state index contributed by atoms with van der Waals surface area (Å²) in [7, 11) is -0.705. The standard InChI is InChI=1S/C24H31N3O7S/c1-17(19-7-10-21(32-2)22(15-19)33-3)25-23(28)16-27(35(4,30)31)20-8-5-18(6-9-20)24(29)26-11-13-34-14-12-26/h5-10,15,17H,11-14,16H2,1-4H3,(H,25,28). The maximum absolute atomic E-state index is 12.8.